The highest BCUT2D eigenvalue weighted by atomic mass is 16.5. The quantitative estimate of drug-likeness (QED) is 0.820. The molecule has 0 unspecified atom stereocenters. The number of ether oxygens (including phenoxy) is 2. The Balaban J connectivity index is 1.99. The summed E-state index contributed by atoms with van der Waals surface area (Å²) < 4.78 is 10.7. The Kier molecular flexibility index (Phi) is 6.67. The number of carbonyl (C=O) groups excluding carboxylic acids is 2. The monoisotopic (exact) mass is 348 g/mol. The normalized spacial score (nSPS) is 13.4. The summed E-state index contributed by atoms with van der Waals surface area (Å²) in [7, 11) is 3.22. The second-order valence-electron chi connectivity index (χ2n) is 6.27. The summed E-state index contributed by atoms with van der Waals surface area (Å²) in [5, 5.41) is 2.77. The van der Waals surface area contributed by atoms with Crippen LogP contribution in [0.25, 0.3) is 0 Å². The van der Waals surface area contributed by atoms with Gasteiger partial charge in [-0.2, -0.15) is 0 Å². The van der Waals surface area contributed by atoms with Crippen LogP contribution in [0.15, 0.2) is 12.1 Å². The van der Waals surface area contributed by atoms with Gasteiger partial charge in [0, 0.05) is 19.0 Å². The van der Waals surface area contributed by atoms with Crippen LogP contribution in [-0.2, 0) is 22.6 Å². The molecule has 1 heterocycles. The minimum absolute atomic E-state index is 0.0217. The Morgan fingerprint density at radius 2 is 1.72 bits per heavy atom. The van der Waals surface area contributed by atoms with Gasteiger partial charge in [0.25, 0.3) is 0 Å². The zero-order valence-electron chi connectivity index (χ0n) is 15.6. The topological polar surface area (TPSA) is 67.9 Å². The number of rotatable bonds is 7. The molecule has 0 atom stereocenters. The molecule has 1 aliphatic heterocycles. The first-order valence-corrected chi connectivity index (χ1v) is 8.83. The predicted octanol–water partition coefficient (Wildman–Crippen LogP) is 2.14. The summed E-state index contributed by atoms with van der Waals surface area (Å²) in [5.41, 5.74) is 2.23. The standard InChI is InChI=1S/C19H28N2O4/c1-5-13(6-2)19(23)20-11-18(22)21-8-7-14-9-16(24-3)17(25-4)10-15(14)12-21/h9-10,13H,5-8,11-12H2,1-4H3,(H,20,23). The van der Waals surface area contributed by atoms with Crippen LogP contribution in [-0.4, -0.2) is 44.0 Å². The van der Waals surface area contributed by atoms with Crippen molar-refractivity contribution in [3.8, 4) is 11.5 Å². The summed E-state index contributed by atoms with van der Waals surface area (Å²) in [5.74, 6) is 1.25. The van der Waals surface area contributed by atoms with Crippen LogP contribution < -0.4 is 14.8 Å². The molecule has 0 bridgehead atoms. The van der Waals surface area contributed by atoms with E-state index in [2.05, 4.69) is 5.32 Å². The smallest absolute Gasteiger partial charge is 0.242 e. The Labute approximate surface area is 149 Å². The van der Waals surface area contributed by atoms with E-state index in [1.54, 1.807) is 19.1 Å². The molecule has 0 saturated carbocycles. The van der Waals surface area contributed by atoms with Crippen molar-refractivity contribution < 1.29 is 19.1 Å². The van der Waals surface area contributed by atoms with Crippen molar-refractivity contribution in [3.63, 3.8) is 0 Å². The number of nitrogens with zero attached hydrogens (tertiary/aromatic N) is 1. The molecule has 2 rings (SSSR count). The molecule has 138 valence electrons. The van der Waals surface area contributed by atoms with Crippen LogP contribution in [0.5, 0.6) is 11.5 Å². The summed E-state index contributed by atoms with van der Waals surface area (Å²) in [4.78, 5) is 26.3. The lowest BCUT2D eigenvalue weighted by atomic mass is 9.98. The molecule has 1 aliphatic rings. The summed E-state index contributed by atoms with van der Waals surface area (Å²) in [6.45, 7) is 5.19. The molecule has 0 fully saturated rings. The fourth-order valence-electron chi connectivity index (χ4n) is 3.17. The maximum Gasteiger partial charge on any atom is 0.242 e. The Bertz CT molecular complexity index is 626. The number of amides is 2. The van der Waals surface area contributed by atoms with E-state index < -0.39 is 0 Å². The van der Waals surface area contributed by atoms with E-state index in [-0.39, 0.29) is 24.3 Å². The molecule has 0 aromatic heterocycles. The Hall–Kier alpha value is -2.24. The molecular weight excluding hydrogens is 320 g/mol. The van der Waals surface area contributed by atoms with Crippen LogP contribution >= 0.6 is 0 Å². The number of benzene rings is 1. The second-order valence-corrected chi connectivity index (χ2v) is 6.27. The average molecular weight is 348 g/mol. The number of hydrogen-bond acceptors (Lipinski definition) is 4. The predicted molar refractivity (Wildman–Crippen MR) is 95.7 cm³/mol. The van der Waals surface area contributed by atoms with Gasteiger partial charge in [-0.25, -0.2) is 0 Å². The molecule has 2 amide bonds. The molecule has 1 aromatic carbocycles. The Morgan fingerprint density at radius 1 is 1.12 bits per heavy atom. The first-order chi connectivity index (χ1) is 12.0. The summed E-state index contributed by atoms with van der Waals surface area (Å²) in [6, 6.07) is 3.90. The van der Waals surface area contributed by atoms with Crippen LogP contribution in [0.1, 0.15) is 37.8 Å². The first-order valence-electron chi connectivity index (χ1n) is 8.83. The van der Waals surface area contributed by atoms with E-state index in [4.69, 9.17) is 9.47 Å². The van der Waals surface area contributed by atoms with Crippen molar-refractivity contribution in [2.24, 2.45) is 5.92 Å². The second kappa shape index (κ2) is 8.74. The Morgan fingerprint density at radius 3 is 2.28 bits per heavy atom. The van der Waals surface area contributed by atoms with Crippen molar-refractivity contribution in [2.45, 2.75) is 39.7 Å². The highest BCUT2D eigenvalue weighted by molar-refractivity contribution is 5.86. The van der Waals surface area contributed by atoms with Gasteiger partial charge in [-0.1, -0.05) is 13.8 Å². The van der Waals surface area contributed by atoms with Gasteiger partial charge in [0.1, 0.15) is 0 Å². The van der Waals surface area contributed by atoms with Gasteiger partial charge < -0.3 is 19.7 Å². The highest BCUT2D eigenvalue weighted by Gasteiger charge is 2.23. The van der Waals surface area contributed by atoms with Crippen LogP contribution in [0.4, 0.5) is 0 Å². The SMILES string of the molecule is CCC(CC)C(=O)NCC(=O)N1CCc2cc(OC)c(OC)cc2C1. The van der Waals surface area contributed by atoms with Gasteiger partial charge >= 0.3 is 0 Å². The third-order valence-electron chi connectivity index (χ3n) is 4.84. The van der Waals surface area contributed by atoms with Crippen molar-refractivity contribution in [2.75, 3.05) is 27.3 Å². The fraction of sp³-hybridized carbons (Fsp3) is 0.579. The number of fused-ring (bicyclic) bond motifs is 1. The van der Waals surface area contributed by atoms with Gasteiger partial charge in [-0.15, -0.1) is 0 Å². The minimum Gasteiger partial charge on any atom is -0.493 e. The zero-order chi connectivity index (χ0) is 18.4. The lowest BCUT2D eigenvalue weighted by molar-refractivity contribution is -0.134. The maximum atomic E-state index is 12.4. The largest absolute Gasteiger partial charge is 0.493 e. The summed E-state index contributed by atoms with van der Waals surface area (Å²) >= 11 is 0. The molecular formula is C19H28N2O4. The van der Waals surface area contributed by atoms with E-state index in [1.165, 1.54) is 5.56 Å². The van der Waals surface area contributed by atoms with E-state index >= 15 is 0 Å². The number of methoxy groups -OCH3 is 2. The van der Waals surface area contributed by atoms with Crippen molar-refractivity contribution in [3.05, 3.63) is 23.3 Å². The fourth-order valence-corrected chi connectivity index (χ4v) is 3.17. The van der Waals surface area contributed by atoms with E-state index in [0.29, 0.717) is 24.6 Å². The van der Waals surface area contributed by atoms with Gasteiger partial charge in [-0.3, -0.25) is 9.59 Å². The third kappa shape index (κ3) is 4.44. The average Bonchev–Trinajstić information content (AvgIpc) is 2.65. The van der Waals surface area contributed by atoms with E-state index in [9.17, 15) is 9.59 Å². The molecule has 25 heavy (non-hydrogen) atoms. The van der Waals surface area contributed by atoms with Gasteiger partial charge in [0.05, 0.1) is 20.8 Å². The van der Waals surface area contributed by atoms with Crippen LogP contribution in [0.3, 0.4) is 0 Å². The van der Waals surface area contributed by atoms with Crippen molar-refractivity contribution in [1.29, 1.82) is 0 Å². The maximum absolute atomic E-state index is 12.4. The number of carbonyl (C=O) groups is 2. The number of nitrogens with one attached hydrogen (secondary N) is 1. The molecule has 0 aliphatic carbocycles. The van der Waals surface area contributed by atoms with E-state index in [0.717, 1.165) is 24.8 Å². The van der Waals surface area contributed by atoms with Crippen molar-refractivity contribution >= 4 is 11.8 Å². The molecule has 0 saturated heterocycles. The molecule has 1 aromatic rings. The molecule has 0 radical (unpaired) electrons. The van der Waals surface area contributed by atoms with Gasteiger partial charge in [0.15, 0.2) is 11.5 Å². The van der Waals surface area contributed by atoms with Crippen LogP contribution in [0.2, 0.25) is 0 Å². The molecule has 6 heteroatoms. The molecule has 0 spiro atoms. The lowest BCUT2D eigenvalue weighted by Crippen LogP contribution is -2.43. The molecule has 6 nitrogen and oxygen atoms in total. The first kappa shape index (κ1) is 19.1. The molecule has 1 N–H and O–H groups in total. The van der Waals surface area contributed by atoms with Crippen molar-refractivity contribution in [1.82, 2.24) is 10.2 Å². The number of hydrogen-bond donors (Lipinski definition) is 1. The zero-order valence-corrected chi connectivity index (χ0v) is 15.6. The van der Waals surface area contributed by atoms with Gasteiger partial charge in [0.2, 0.25) is 11.8 Å². The summed E-state index contributed by atoms with van der Waals surface area (Å²) in [6.07, 6.45) is 2.34. The van der Waals surface area contributed by atoms with Gasteiger partial charge in [-0.05, 0) is 42.5 Å². The van der Waals surface area contributed by atoms with Crippen LogP contribution in [0, 0.1) is 5.92 Å². The third-order valence-corrected chi connectivity index (χ3v) is 4.84. The minimum atomic E-state index is -0.0558. The van der Waals surface area contributed by atoms with E-state index in [1.807, 2.05) is 26.0 Å². The lowest BCUT2D eigenvalue weighted by Gasteiger charge is -2.30. The highest BCUT2D eigenvalue weighted by Crippen LogP contribution is 2.33.